The summed E-state index contributed by atoms with van der Waals surface area (Å²) in [5.74, 6) is 0. The number of hydrogen-bond donors (Lipinski definition) is 2. The van der Waals surface area contributed by atoms with Gasteiger partial charge < -0.3 is 5.11 Å². The van der Waals surface area contributed by atoms with E-state index in [9.17, 15) is 18.3 Å². The van der Waals surface area contributed by atoms with E-state index in [-0.39, 0.29) is 12.0 Å². The van der Waals surface area contributed by atoms with Crippen LogP contribution in [0.15, 0.2) is 0 Å². The van der Waals surface area contributed by atoms with E-state index in [2.05, 4.69) is 10.2 Å². The van der Waals surface area contributed by atoms with E-state index >= 15 is 0 Å². The molecule has 1 aliphatic carbocycles. The second-order valence-corrected chi connectivity index (χ2v) is 3.42. The maximum atomic E-state index is 12.4. The van der Waals surface area contributed by atoms with Gasteiger partial charge in [0, 0.05) is 17.7 Å². The Bertz CT molecular complexity index is 345. The fourth-order valence-corrected chi connectivity index (χ4v) is 1.71. The molecular formula is C8H9F3N2O. The molecule has 0 fully saturated rings. The lowest BCUT2D eigenvalue weighted by Crippen LogP contribution is -2.20. The van der Waals surface area contributed by atoms with Crippen LogP contribution in [0.1, 0.15) is 23.4 Å². The van der Waals surface area contributed by atoms with E-state index in [1.54, 1.807) is 0 Å². The molecule has 1 unspecified atom stereocenters. The van der Waals surface area contributed by atoms with Gasteiger partial charge in [-0.3, -0.25) is 5.10 Å². The highest BCUT2D eigenvalue weighted by Gasteiger charge is 2.39. The van der Waals surface area contributed by atoms with Crippen LogP contribution in [0, 0.1) is 0 Å². The Balaban J connectivity index is 2.41. The van der Waals surface area contributed by atoms with E-state index < -0.39 is 18.0 Å². The number of H-pyrrole nitrogens is 1. The highest BCUT2D eigenvalue weighted by molar-refractivity contribution is 5.30. The van der Waals surface area contributed by atoms with Crippen molar-refractivity contribution >= 4 is 0 Å². The standard InChI is InChI=1S/C8H9F3N2O/c9-8(10,11)7-5-3-4(14)1-2-6(5)12-13-7/h4,14H,1-3H2,(H,12,13). The molecule has 2 rings (SSSR count). The minimum atomic E-state index is -4.43. The van der Waals surface area contributed by atoms with Crippen LogP contribution in [0.25, 0.3) is 0 Å². The average Bonchev–Trinajstić information content (AvgIpc) is 2.45. The highest BCUT2D eigenvalue weighted by atomic mass is 19.4. The van der Waals surface area contributed by atoms with Crippen LogP contribution < -0.4 is 0 Å². The van der Waals surface area contributed by atoms with Crippen LogP contribution >= 0.6 is 0 Å². The van der Waals surface area contributed by atoms with Crippen LogP contribution in [-0.2, 0) is 19.0 Å². The number of nitrogens with one attached hydrogen (secondary N) is 1. The van der Waals surface area contributed by atoms with Crippen LogP contribution in [0.5, 0.6) is 0 Å². The van der Waals surface area contributed by atoms with Crippen molar-refractivity contribution in [2.45, 2.75) is 31.5 Å². The first-order valence-electron chi connectivity index (χ1n) is 4.30. The molecule has 0 saturated heterocycles. The Labute approximate surface area is 77.9 Å². The molecule has 0 saturated carbocycles. The van der Waals surface area contributed by atoms with Crippen LogP contribution in [0.2, 0.25) is 0 Å². The van der Waals surface area contributed by atoms with Crippen molar-refractivity contribution < 1.29 is 18.3 Å². The van der Waals surface area contributed by atoms with Crippen LogP contribution in [0.4, 0.5) is 13.2 Å². The largest absolute Gasteiger partial charge is 0.435 e. The molecule has 0 amide bonds. The van der Waals surface area contributed by atoms with Crippen molar-refractivity contribution in [3.05, 3.63) is 17.0 Å². The van der Waals surface area contributed by atoms with Gasteiger partial charge in [0.25, 0.3) is 0 Å². The highest BCUT2D eigenvalue weighted by Crippen LogP contribution is 2.34. The number of aromatic amines is 1. The number of fused-ring (bicyclic) bond motifs is 1. The number of alkyl halides is 3. The molecule has 1 aliphatic rings. The van der Waals surface area contributed by atoms with Gasteiger partial charge in [-0.1, -0.05) is 0 Å². The van der Waals surface area contributed by atoms with Gasteiger partial charge in [0.15, 0.2) is 5.69 Å². The Morgan fingerprint density at radius 2 is 2.14 bits per heavy atom. The second-order valence-electron chi connectivity index (χ2n) is 3.42. The topological polar surface area (TPSA) is 48.9 Å². The molecule has 1 aromatic rings. The maximum absolute atomic E-state index is 12.4. The van der Waals surface area contributed by atoms with Crippen molar-refractivity contribution in [3.8, 4) is 0 Å². The SMILES string of the molecule is OC1CCc2[nH]nc(C(F)(F)F)c2C1. The maximum Gasteiger partial charge on any atom is 0.435 e. The Morgan fingerprint density at radius 1 is 1.43 bits per heavy atom. The summed E-state index contributed by atoms with van der Waals surface area (Å²) in [6.45, 7) is 0. The van der Waals surface area contributed by atoms with E-state index in [0.29, 0.717) is 18.5 Å². The second kappa shape index (κ2) is 2.98. The van der Waals surface area contributed by atoms with Crippen LogP contribution in [-0.4, -0.2) is 21.4 Å². The van der Waals surface area contributed by atoms with E-state index in [1.165, 1.54) is 0 Å². The molecule has 1 aromatic heterocycles. The molecule has 78 valence electrons. The van der Waals surface area contributed by atoms with Crippen molar-refractivity contribution in [3.63, 3.8) is 0 Å². The Hall–Kier alpha value is -1.04. The van der Waals surface area contributed by atoms with Crippen molar-refractivity contribution in [1.82, 2.24) is 10.2 Å². The summed E-state index contributed by atoms with van der Waals surface area (Å²) < 4.78 is 37.1. The minimum Gasteiger partial charge on any atom is -0.393 e. The summed E-state index contributed by atoms with van der Waals surface area (Å²) in [6.07, 6.45) is -4.14. The number of aryl methyl sites for hydroxylation is 1. The summed E-state index contributed by atoms with van der Waals surface area (Å²) in [5, 5.41) is 14.9. The molecule has 6 heteroatoms. The first-order chi connectivity index (χ1) is 6.48. The number of rotatable bonds is 0. The van der Waals surface area contributed by atoms with Crippen molar-refractivity contribution in [2.24, 2.45) is 0 Å². The molecule has 2 N–H and O–H groups in total. The first-order valence-corrected chi connectivity index (χ1v) is 4.30. The number of nitrogens with zero attached hydrogens (tertiary/aromatic N) is 1. The van der Waals surface area contributed by atoms with Gasteiger partial charge in [-0.15, -0.1) is 0 Å². The Kier molecular flexibility index (Phi) is 2.02. The summed E-state index contributed by atoms with van der Waals surface area (Å²) in [6, 6.07) is 0. The van der Waals surface area contributed by atoms with Gasteiger partial charge in [0.1, 0.15) is 0 Å². The summed E-state index contributed by atoms with van der Waals surface area (Å²) >= 11 is 0. The molecule has 0 aliphatic heterocycles. The summed E-state index contributed by atoms with van der Waals surface area (Å²) in [4.78, 5) is 0. The number of halogens is 3. The average molecular weight is 206 g/mol. The van der Waals surface area contributed by atoms with Gasteiger partial charge >= 0.3 is 6.18 Å². The molecule has 3 nitrogen and oxygen atoms in total. The van der Waals surface area contributed by atoms with Crippen molar-refractivity contribution in [1.29, 1.82) is 0 Å². The third-order valence-corrected chi connectivity index (χ3v) is 2.39. The zero-order valence-corrected chi connectivity index (χ0v) is 7.23. The zero-order chi connectivity index (χ0) is 10.3. The van der Waals surface area contributed by atoms with Gasteiger partial charge in [0.05, 0.1) is 6.10 Å². The minimum absolute atomic E-state index is 0.0423. The molecule has 1 heterocycles. The predicted octanol–water partition coefficient (Wildman–Crippen LogP) is 1.28. The van der Waals surface area contributed by atoms with Gasteiger partial charge in [-0.2, -0.15) is 18.3 Å². The van der Waals surface area contributed by atoms with Gasteiger partial charge in [0.2, 0.25) is 0 Å². The molecule has 0 radical (unpaired) electrons. The number of aromatic nitrogens is 2. The predicted molar refractivity (Wildman–Crippen MR) is 41.6 cm³/mol. The lowest BCUT2D eigenvalue weighted by atomic mass is 9.93. The Morgan fingerprint density at radius 3 is 2.79 bits per heavy atom. The molecule has 0 bridgehead atoms. The molecular weight excluding hydrogens is 197 g/mol. The fourth-order valence-electron chi connectivity index (χ4n) is 1.71. The summed E-state index contributed by atoms with van der Waals surface area (Å²) in [7, 11) is 0. The fraction of sp³-hybridized carbons (Fsp3) is 0.625. The van der Waals surface area contributed by atoms with E-state index in [1.807, 2.05) is 0 Å². The quantitative estimate of drug-likeness (QED) is 0.671. The third-order valence-electron chi connectivity index (χ3n) is 2.39. The zero-order valence-electron chi connectivity index (χ0n) is 7.23. The lowest BCUT2D eigenvalue weighted by molar-refractivity contribution is -0.142. The smallest absolute Gasteiger partial charge is 0.393 e. The summed E-state index contributed by atoms with van der Waals surface area (Å²) in [5.41, 5.74) is -0.259. The molecule has 0 aromatic carbocycles. The first kappa shape index (κ1) is 9.51. The molecule has 14 heavy (non-hydrogen) atoms. The monoisotopic (exact) mass is 206 g/mol. The third kappa shape index (κ3) is 1.50. The van der Waals surface area contributed by atoms with Gasteiger partial charge in [-0.05, 0) is 12.8 Å². The normalized spacial score (nSPS) is 22.1. The lowest BCUT2D eigenvalue weighted by Gasteiger charge is -2.17. The number of aliphatic hydroxyl groups is 1. The van der Waals surface area contributed by atoms with E-state index in [4.69, 9.17) is 0 Å². The van der Waals surface area contributed by atoms with E-state index in [0.717, 1.165) is 0 Å². The number of aliphatic hydroxyl groups excluding tert-OH is 1. The van der Waals surface area contributed by atoms with Gasteiger partial charge in [-0.25, -0.2) is 0 Å². The van der Waals surface area contributed by atoms with Crippen LogP contribution in [0.3, 0.4) is 0 Å². The number of hydrogen-bond acceptors (Lipinski definition) is 2. The molecule has 1 atom stereocenters. The molecule has 0 spiro atoms. The van der Waals surface area contributed by atoms with Crippen molar-refractivity contribution in [2.75, 3.05) is 0 Å².